The Morgan fingerprint density at radius 1 is 1.14 bits per heavy atom. The number of urea groups is 1. The molecule has 0 saturated heterocycles. The molecule has 0 radical (unpaired) electrons. The first kappa shape index (κ1) is 20.5. The molecule has 0 unspecified atom stereocenters. The first-order valence-electron chi connectivity index (χ1n) is 10.6. The molecule has 1 heterocycles. The van der Waals surface area contributed by atoms with Crippen LogP contribution in [0, 0.1) is 17.3 Å². The van der Waals surface area contributed by atoms with Crippen LogP contribution in [0.25, 0.3) is 0 Å². The molecule has 160 valence electrons. The Morgan fingerprint density at radius 2 is 1.83 bits per heavy atom. The number of hydrogen-bond donors (Lipinski definition) is 2. The summed E-state index contributed by atoms with van der Waals surface area (Å²) in [5.74, 6) is 0.206. The second-order valence-electron chi connectivity index (χ2n) is 9.14. The lowest BCUT2D eigenvalue weighted by Crippen LogP contribution is -2.56. The number of amides is 2. The average Bonchev–Trinajstić information content (AvgIpc) is 2.63. The molecule has 0 aromatic rings. The molecule has 1 aliphatic heterocycles. The van der Waals surface area contributed by atoms with Crippen LogP contribution in [0.3, 0.4) is 0 Å². The number of ether oxygens (including phenoxy) is 2. The van der Waals surface area contributed by atoms with E-state index in [9.17, 15) is 14.4 Å². The molecule has 8 heteroatoms. The highest BCUT2D eigenvalue weighted by molar-refractivity contribution is 6.24. The maximum absolute atomic E-state index is 13.2. The van der Waals surface area contributed by atoms with Gasteiger partial charge >= 0.3 is 18.0 Å². The van der Waals surface area contributed by atoms with Crippen LogP contribution in [0.15, 0.2) is 11.3 Å². The summed E-state index contributed by atoms with van der Waals surface area (Å²) < 4.78 is 10.9. The summed E-state index contributed by atoms with van der Waals surface area (Å²) in [4.78, 5) is 37.4. The van der Waals surface area contributed by atoms with Crippen molar-refractivity contribution in [3.8, 4) is 0 Å². The molecule has 4 aliphatic carbocycles. The zero-order chi connectivity index (χ0) is 20.8. The van der Waals surface area contributed by atoms with Crippen LogP contribution in [-0.2, 0) is 19.1 Å². The quantitative estimate of drug-likeness (QED) is 0.505. The number of rotatable bonds is 6. The predicted molar refractivity (Wildman–Crippen MR) is 106 cm³/mol. The van der Waals surface area contributed by atoms with Crippen molar-refractivity contribution in [2.45, 2.75) is 69.7 Å². The molecular formula is C21H29ClN2O5. The minimum Gasteiger partial charge on any atom is -0.463 e. The van der Waals surface area contributed by atoms with Gasteiger partial charge in [-0.1, -0.05) is 6.92 Å². The van der Waals surface area contributed by atoms with Gasteiger partial charge in [-0.05, 0) is 63.7 Å². The summed E-state index contributed by atoms with van der Waals surface area (Å²) >= 11 is 6.83. The number of halogens is 1. The maximum Gasteiger partial charge on any atom is 0.338 e. The molecule has 3 atom stereocenters. The monoisotopic (exact) mass is 424 g/mol. The largest absolute Gasteiger partial charge is 0.463 e. The fourth-order valence-corrected chi connectivity index (χ4v) is 6.95. The van der Waals surface area contributed by atoms with Gasteiger partial charge in [0.1, 0.15) is 6.61 Å². The molecule has 5 aliphatic rings. The lowest BCUT2D eigenvalue weighted by Gasteiger charge is -2.58. The molecule has 4 bridgehead atoms. The third-order valence-electron chi connectivity index (χ3n) is 6.92. The van der Waals surface area contributed by atoms with Crippen molar-refractivity contribution in [3.63, 3.8) is 0 Å². The molecule has 2 amide bonds. The topological polar surface area (TPSA) is 93.7 Å². The molecule has 0 aromatic heterocycles. The predicted octanol–water partition coefficient (Wildman–Crippen LogP) is 3.02. The zero-order valence-corrected chi connectivity index (χ0v) is 17.8. The van der Waals surface area contributed by atoms with E-state index in [4.69, 9.17) is 21.1 Å². The Labute approximate surface area is 175 Å². The van der Waals surface area contributed by atoms with E-state index >= 15 is 0 Å². The summed E-state index contributed by atoms with van der Waals surface area (Å²) in [5.41, 5.74) is 0.0937. The van der Waals surface area contributed by atoms with Gasteiger partial charge < -0.3 is 20.1 Å². The zero-order valence-electron chi connectivity index (χ0n) is 17.0. The minimum atomic E-state index is -0.530. The molecule has 29 heavy (non-hydrogen) atoms. The standard InChI is InChI=1S/C21H29ClN2O5/c1-3-14-16(17(25)28-4-2)15(24-19(27)23-14)10-29-18(26)20-6-12-5-13(7-20)9-21(22,8-12)11-20/h12-14H,3-11H2,1-2H3,(H2,23,24,27)/t12-,13-,14+,20?,21?/m0/s1. The number of alkyl halides is 1. The van der Waals surface area contributed by atoms with Gasteiger partial charge in [0, 0.05) is 4.87 Å². The highest BCUT2D eigenvalue weighted by atomic mass is 35.5. The van der Waals surface area contributed by atoms with Crippen LogP contribution >= 0.6 is 11.6 Å². The van der Waals surface area contributed by atoms with Crippen molar-refractivity contribution in [2.75, 3.05) is 13.2 Å². The maximum atomic E-state index is 13.2. The number of esters is 2. The van der Waals surface area contributed by atoms with Crippen molar-refractivity contribution >= 4 is 29.6 Å². The van der Waals surface area contributed by atoms with E-state index < -0.39 is 23.5 Å². The van der Waals surface area contributed by atoms with Crippen LogP contribution in [0.1, 0.15) is 58.8 Å². The first-order valence-corrected chi connectivity index (χ1v) is 11.0. The number of hydrogen-bond acceptors (Lipinski definition) is 5. The fourth-order valence-electron chi connectivity index (χ4n) is 6.26. The van der Waals surface area contributed by atoms with Gasteiger partial charge in [0.15, 0.2) is 0 Å². The van der Waals surface area contributed by atoms with E-state index in [2.05, 4.69) is 10.6 Å². The molecule has 0 aromatic carbocycles. The van der Waals surface area contributed by atoms with Crippen LogP contribution in [-0.4, -0.2) is 42.1 Å². The molecular weight excluding hydrogens is 396 g/mol. The van der Waals surface area contributed by atoms with Gasteiger partial charge in [-0.2, -0.15) is 0 Å². The van der Waals surface area contributed by atoms with Crippen molar-refractivity contribution in [2.24, 2.45) is 17.3 Å². The number of nitrogens with one attached hydrogen (secondary N) is 2. The van der Waals surface area contributed by atoms with Crippen molar-refractivity contribution in [1.29, 1.82) is 0 Å². The Hall–Kier alpha value is -1.76. The van der Waals surface area contributed by atoms with E-state index in [1.54, 1.807) is 6.92 Å². The molecule has 2 N–H and O–H groups in total. The van der Waals surface area contributed by atoms with Crippen LogP contribution in [0.2, 0.25) is 0 Å². The van der Waals surface area contributed by atoms with E-state index in [-0.39, 0.29) is 24.1 Å². The summed E-state index contributed by atoms with van der Waals surface area (Å²) in [5, 5.41) is 5.35. The lowest BCUT2D eigenvalue weighted by atomic mass is 9.49. The van der Waals surface area contributed by atoms with Crippen LogP contribution < -0.4 is 10.6 Å². The average molecular weight is 425 g/mol. The van der Waals surface area contributed by atoms with E-state index in [1.807, 2.05) is 6.92 Å². The van der Waals surface area contributed by atoms with Gasteiger partial charge in [-0.25, -0.2) is 9.59 Å². The number of carbonyl (C=O) groups is 3. The third-order valence-corrected chi connectivity index (χ3v) is 7.36. The van der Waals surface area contributed by atoms with Gasteiger partial charge in [-0.15, -0.1) is 11.6 Å². The van der Waals surface area contributed by atoms with Gasteiger partial charge in [0.2, 0.25) is 0 Å². The highest BCUT2D eigenvalue weighted by Crippen LogP contribution is 2.64. The van der Waals surface area contributed by atoms with Crippen molar-refractivity contribution in [1.82, 2.24) is 10.6 Å². The van der Waals surface area contributed by atoms with E-state index in [0.717, 1.165) is 32.1 Å². The summed E-state index contributed by atoms with van der Waals surface area (Å²) in [6, 6.07) is -0.882. The lowest BCUT2D eigenvalue weighted by molar-refractivity contribution is -0.169. The summed E-state index contributed by atoms with van der Waals surface area (Å²) in [7, 11) is 0. The van der Waals surface area contributed by atoms with E-state index in [1.165, 1.54) is 0 Å². The Balaban J connectivity index is 1.52. The van der Waals surface area contributed by atoms with Crippen LogP contribution in [0.4, 0.5) is 4.79 Å². The van der Waals surface area contributed by atoms with Crippen molar-refractivity contribution in [3.05, 3.63) is 11.3 Å². The SMILES string of the molecule is CCOC(=O)C1=C(COC(=O)C23C[C@@H]4C[C@H](CC(Cl)(C4)C2)C3)NC(=O)N[C@@H]1CC. The summed E-state index contributed by atoms with van der Waals surface area (Å²) in [6.45, 7) is 3.67. The molecule has 4 saturated carbocycles. The molecule has 5 rings (SSSR count). The summed E-state index contributed by atoms with van der Waals surface area (Å²) in [6.07, 6.45) is 5.96. The smallest absolute Gasteiger partial charge is 0.338 e. The van der Waals surface area contributed by atoms with Crippen molar-refractivity contribution < 1.29 is 23.9 Å². The third kappa shape index (κ3) is 3.74. The number of carbonyl (C=O) groups excluding carboxylic acids is 3. The minimum absolute atomic E-state index is 0.150. The molecule has 0 spiro atoms. The molecule has 4 fully saturated rings. The van der Waals surface area contributed by atoms with E-state index in [0.29, 0.717) is 35.9 Å². The normalized spacial score (nSPS) is 37.8. The van der Waals surface area contributed by atoms with Gasteiger partial charge in [0.25, 0.3) is 0 Å². The van der Waals surface area contributed by atoms with Gasteiger partial charge in [-0.3, -0.25) is 4.79 Å². The Morgan fingerprint density at radius 3 is 2.41 bits per heavy atom. The van der Waals surface area contributed by atoms with Crippen LogP contribution in [0.5, 0.6) is 0 Å². The highest BCUT2D eigenvalue weighted by Gasteiger charge is 2.60. The first-order chi connectivity index (χ1) is 13.8. The second-order valence-corrected chi connectivity index (χ2v) is 9.94. The second kappa shape index (κ2) is 7.49. The van der Waals surface area contributed by atoms with Gasteiger partial charge in [0.05, 0.1) is 29.3 Å². The Bertz CT molecular complexity index is 750. The Kier molecular flexibility index (Phi) is 5.30. The molecule has 7 nitrogen and oxygen atoms in total. The fraction of sp³-hybridized carbons (Fsp3) is 0.762.